The van der Waals surface area contributed by atoms with Crippen molar-refractivity contribution in [3.8, 4) is 0 Å². The van der Waals surface area contributed by atoms with Gasteiger partial charge >= 0.3 is 17.9 Å². The summed E-state index contributed by atoms with van der Waals surface area (Å²) in [6, 6.07) is 0. The van der Waals surface area contributed by atoms with Crippen molar-refractivity contribution in [2.75, 3.05) is 13.2 Å². The standard InChI is InChI=1S/C68H120O6/c1-4-7-10-13-16-19-22-24-26-27-28-29-30-31-32-33-34-35-36-37-38-39-40-41-42-44-46-49-52-55-58-61-67(70)73-64-65(63-72-66(69)60-57-54-51-48-45-21-18-15-12-9-6-3)74-68(71)62-59-56-53-50-47-43-25-23-20-17-14-11-8-5-2/h7,10,14,16-17,19,23-26,28-29,65H,4-6,8-9,11-13,15,18,20-22,27,30-64H2,1-3H3/b10-7-,17-14-,19-16-,25-23-,26-24-,29-28-. The van der Waals surface area contributed by atoms with Crippen LogP contribution in [0, 0.1) is 0 Å². The minimum atomic E-state index is -0.778. The average molecular weight is 1030 g/mol. The summed E-state index contributed by atoms with van der Waals surface area (Å²) in [7, 11) is 0. The lowest BCUT2D eigenvalue weighted by Crippen LogP contribution is -2.30. The highest BCUT2D eigenvalue weighted by atomic mass is 16.6. The maximum atomic E-state index is 12.8. The monoisotopic (exact) mass is 1030 g/mol. The number of hydrogen-bond acceptors (Lipinski definition) is 6. The second-order valence-electron chi connectivity index (χ2n) is 21.3. The molecular formula is C68H120O6. The third-order valence-corrected chi connectivity index (χ3v) is 13.9. The second kappa shape index (κ2) is 62.4. The molecule has 0 N–H and O–H groups in total. The van der Waals surface area contributed by atoms with Crippen LogP contribution in [0.25, 0.3) is 0 Å². The predicted octanol–water partition coefficient (Wildman–Crippen LogP) is 21.7. The fourth-order valence-electron chi connectivity index (χ4n) is 9.16. The van der Waals surface area contributed by atoms with E-state index in [0.29, 0.717) is 19.3 Å². The van der Waals surface area contributed by atoms with Crippen molar-refractivity contribution in [3.05, 3.63) is 72.9 Å². The quantitative estimate of drug-likeness (QED) is 0.0261. The lowest BCUT2D eigenvalue weighted by atomic mass is 10.0. The summed E-state index contributed by atoms with van der Waals surface area (Å²) in [6.07, 6.45) is 80.7. The van der Waals surface area contributed by atoms with E-state index in [4.69, 9.17) is 14.2 Å². The lowest BCUT2D eigenvalue weighted by Gasteiger charge is -2.18. The van der Waals surface area contributed by atoms with E-state index in [1.165, 1.54) is 173 Å². The number of unbranched alkanes of at least 4 members (excludes halogenated alkanes) is 35. The van der Waals surface area contributed by atoms with Gasteiger partial charge in [0.15, 0.2) is 6.10 Å². The molecule has 0 fully saturated rings. The van der Waals surface area contributed by atoms with Gasteiger partial charge in [-0.25, -0.2) is 0 Å². The Bertz CT molecular complexity index is 1370. The first-order valence-electron chi connectivity index (χ1n) is 31.9. The molecule has 0 radical (unpaired) electrons. The Morgan fingerprint density at radius 1 is 0.284 bits per heavy atom. The maximum Gasteiger partial charge on any atom is 0.306 e. The second-order valence-corrected chi connectivity index (χ2v) is 21.3. The first kappa shape index (κ1) is 70.8. The minimum Gasteiger partial charge on any atom is -0.462 e. The smallest absolute Gasteiger partial charge is 0.306 e. The van der Waals surface area contributed by atoms with E-state index in [9.17, 15) is 14.4 Å². The number of hydrogen-bond donors (Lipinski definition) is 0. The van der Waals surface area contributed by atoms with Crippen LogP contribution in [-0.4, -0.2) is 37.2 Å². The molecule has 0 rings (SSSR count). The van der Waals surface area contributed by atoms with Crippen molar-refractivity contribution in [2.24, 2.45) is 0 Å². The van der Waals surface area contributed by atoms with E-state index in [0.717, 1.165) is 109 Å². The molecule has 0 aromatic carbocycles. The van der Waals surface area contributed by atoms with Crippen LogP contribution in [0.2, 0.25) is 0 Å². The molecule has 0 amide bonds. The number of ether oxygens (including phenoxy) is 3. The molecule has 0 heterocycles. The van der Waals surface area contributed by atoms with E-state index in [1.54, 1.807) is 0 Å². The third-order valence-electron chi connectivity index (χ3n) is 13.9. The van der Waals surface area contributed by atoms with Crippen LogP contribution in [0.5, 0.6) is 0 Å². The number of allylic oxidation sites excluding steroid dienone is 12. The van der Waals surface area contributed by atoms with Crippen LogP contribution < -0.4 is 0 Å². The minimum absolute atomic E-state index is 0.0762. The molecular weight excluding hydrogens is 913 g/mol. The van der Waals surface area contributed by atoms with Gasteiger partial charge in [0, 0.05) is 19.3 Å². The predicted molar refractivity (Wildman–Crippen MR) is 321 cm³/mol. The molecule has 0 aliphatic rings. The van der Waals surface area contributed by atoms with Crippen LogP contribution in [0.4, 0.5) is 0 Å². The molecule has 74 heavy (non-hydrogen) atoms. The van der Waals surface area contributed by atoms with Crippen LogP contribution in [0.1, 0.15) is 323 Å². The third kappa shape index (κ3) is 59.7. The maximum absolute atomic E-state index is 12.8. The molecule has 0 bridgehead atoms. The summed E-state index contributed by atoms with van der Waals surface area (Å²) in [5, 5.41) is 0. The van der Waals surface area contributed by atoms with E-state index < -0.39 is 6.10 Å². The molecule has 6 nitrogen and oxygen atoms in total. The van der Waals surface area contributed by atoms with Gasteiger partial charge in [-0.2, -0.15) is 0 Å². The fraction of sp³-hybridized carbons (Fsp3) is 0.779. The van der Waals surface area contributed by atoms with Crippen molar-refractivity contribution in [3.63, 3.8) is 0 Å². The Labute approximate surface area is 459 Å². The summed E-state index contributed by atoms with van der Waals surface area (Å²) in [5.41, 5.74) is 0. The summed E-state index contributed by atoms with van der Waals surface area (Å²) in [4.78, 5) is 38.2. The summed E-state index contributed by atoms with van der Waals surface area (Å²) in [5.74, 6) is -0.876. The van der Waals surface area contributed by atoms with Gasteiger partial charge in [0.1, 0.15) is 13.2 Å². The van der Waals surface area contributed by atoms with E-state index in [1.807, 2.05) is 0 Å². The van der Waals surface area contributed by atoms with Crippen molar-refractivity contribution >= 4 is 17.9 Å². The zero-order chi connectivity index (χ0) is 53.6. The molecule has 0 saturated carbocycles. The van der Waals surface area contributed by atoms with Gasteiger partial charge in [0.25, 0.3) is 0 Å². The van der Waals surface area contributed by atoms with Gasteiger partial charge in [-0.05, 0) is 83.5 Å². The molecule has 1 unspecified atom stereocenters. The van der Waals surface area contributed by atoms with Gasteiger partial charge in [-0.1, -0.05) is 293 Å². The fourth-order valence-corrected chi connectivity index (χ4v) is 9.16. The molecule has 1 atom stereocenters. The molecule has 0 aromatic rings. The van der Waals surface area contributed by atoms with E-state index >= 15 is 0 Å². The van der Waals surface area contributed by atoms with Gasteiger partial charge in [-0.3, -0.25) is 14.4 Å². The zero-order valence-corrected chi connectivity index (χ0v) is 49.1. The van der Waals surface area contributed by atoms with Gasteiger partial charge < -0.3 is 14.2 Å². The Morgan fingerprint density at radius 2 is 0.541 bits per heavy atom. The molecule has 428 valence electrons. The van der Waals surface area contributed by atoms with Gasteiger partial charge in [0.05, 0.1) is 0 Å². The van der Waals surface area contributed by atoms with Crippen molar-refractivity contribution in [2.45, 2.75) is 329 Å². The van der Waals surface area contributed by atoms with Crippen LogP contribution in [0.15, 0.2) is 72.9 Å². The summed E-state index contributed by atoms with van der Waals surface area (Å²) < 4.78 is 16.9. The van der Waals surface area contributed by atoms with Crippen molar-refractivity contribution in [1.29, 1.82) is 0 Å². The number of esters is 3. The van der Waals surface area contributed by atoms with Crippen molar-refractivity contribution in [1.82, 2.24) is 0 Å². The van der Waals surface area contributed by atoms with Crippen molar-refractivity contribution < 1.29 is 28.6 Å². The van der Waals surface area contributed by atoms with E-state index in [-0.39, 0.29) is 31.1 Å². The largest absolute Gasteiger partial charge is 0.462 e. The molecule has 0 aliphatic heterocycles. The Morgan fingerprint density at radius 3 is 0.865 bits per heavy atom. The molecule has 0 saturated heterocycles. The topological polar surface area (TPSA) is 78.9 Å². The number of carbonyl (C=O) groups is 3. The Kier molecular flexibility index (Phi) is 59.7. The first-order chi connectivity index (χ1) is 36.5. The highest BCUT2D eigenvalue weighted by Crippen LogP contribution is 2.17. The van der Waals surface area contributed by atoms with Crippen LogP contribution >= 0.6 is 0 Å². The summed E-state index contributed by atoms with van der Waals surface area (Å²) >= 11 is 0. The molecule has 6 heteroatoms. The lowest BCUT2D eigenvalue weighted by molar-refractivity contribution is -0.167. The van der Waals surface area contributed by atoms with Gasteiger partial charge in [0.2, 0.25) is 0 Å². The van der Waals surface area contributed by atoms with Gasteiger partial charge in [-0.15, -0.1) is 0 Å². The highest BCUT2D eigenvalue weighted by Gasteiger charge is 2.19. The Hall–Kier alpha value is -3.15. The zero-order valence-electron chi connectivity index (χ0n) is 49.1. The number of rotatable bonds is 58. The Balaban J connectivity index is 4.11. The number of carbonyl (C=O) groups excluding carboxylic acids is 3. The molecule has 0 aromatic heterocycles. The van der Waals surface area contributed by atoms with Crippen LogP contribution in [-0.2, 0) is 28.6 Å². The molecule has 0 aliphatic carbocycles. The normalized spacial score (nSPS) is 12.5. The highest BCUT2D eigenvalue weighted by molar-refractivity contribution is 5.71. The van der Waals surface area contributed by atoms with E-state index in [2.05, 4.69) is 93.7 Å². The SMILES string of the molecule is CC/C=C\C/C=C\C/C=C\C/C=C\CCCCCCCCCCCCCCCCCCCCC(=O)OCC(COC(=O)CCCCCCCCCCCCC)OC(=O)CCCCCCC/C=C\C/C=C\CCCC. The van der Waals surface area contributed by atoms with Crippen LogP contribution in [0.3, 0.4) is 0 Å². The first-order valence-corrected chi connectivity index (χ1v) is 31.9. The summed E-state index contributed by atoms with van der Waals surface area (Å²) in [6.45, 7) is 6.50. The molecule has 0 spiro atoms. The average Bonchev–Trinajstić information content (AvgIpc) is 3.40.